The molecule has 1 rings (SSSR count). The van der Waals surface area contributed by atoms with Gasteiger partial charge in [-0.3, -0.25) is 0 Å². The lowest BCUT2D eigenvalue weighted by atomic mass is 10.2. The van der Waals surface area contributed by atoms with Gasteiger partial charge in [0.15, 0.2) is 5.82 Å². The molecule has 0 aliphatic carbocycles. The normalized spacial score (nSPS) is 11.0. The summed E-state index contributed by atoms with van der Waals surface area (Å²) in [7, 11) is 0. The summed E-state index contributed by atoms with van der Waals surface area (Å²) in [6, 6.07) is 2.95. The van der Waals surface area contributed by atoms with Gasteiger partial charge in [0.2, 0.25) is 0 Å². The Bertz CT molecular complexity index is 453. The lowest BCUT2D eigenvalue weighted by molar-refractivity contribution is 0.0695. The molecule has 1 aromatic carbocycles. The van der Waals surface area contributed by atoms with Crippen molar-refractivity contribution < 1.29 is 14.3 Å². The number of carboxylic acids is 1. The number of hydrogen-bond acceptors (Lipinski definition) is 3. The fraction of sp³-hybridized carbons (Fsp3) is 0.462. The molecule has 6 heteroatoms. The van der Waals surface area contributed by atoms with Crippen LogP contribution in [0, 0.1) is 5.82 Å². The molecule has 0 spiro atoms. The maximum absolute atomic E-state index is 14.0. The lowest BCUT2D eigenvalue weighted by Gasteiger charge is -2.17. The zero-order chi connectivity index (χ0) is 14.4. The number of halogens is 2. The largest absolute Gasteiger partial charge is 0.478 e. The molecular formula is C13H17BrFNO2S. The number of benzene rings is 1. The molecule has 0 heterocycles. The molecule has 0 amide bonds. The van der Waals surface area contributed by atoms with Crippen LogP contribution in [0.25, 0.3) is 0 Å². The molecular weight excluding hydrogens is 333 g/mol. The Morgan fingerprint density at radius 1 is 1.42 bits per heavy atom. The van der Waals surface area contributed by atoms with Crippen molar-refractivity contribution in [2.45, 2.75) is 18.7 Å². The Morgan fingerprint density at radius 3 is 2.58 bits per heavy atom. The summed E-state index contributed by atoms with van der Waals surface area (Å²) in [5.74, 6) is -0.854. The lowest BCUT2D eigenvalue weighted by Crippen LogP contribution is -2.25. The van der Waals surface area contributed by atoms with Crippen LogP contribution in [0.1, 0.15) is 24.2 Å². The number of thioether (sulfide) groups is 1. The van der Waals surface area contributed by atoms with Crippen LogP contribution in [0.5, 0.6) is 0 Å². The minimum Gasteiger partial charge on any atom is -0.478 e. The van der Waals surface area contributed by atoms with Gasteiger partial charge in [0, 0.05) is 17.2 Å². The van der Waals surface area contributed by atoms with E-state index >= 15 is 0 Å². The van der Waals surface area contributed by atoms with Crippen LogP contribution in [0.15, 0.2) is 21.5 Å². The monoisotopic (exact) mass is 349 g/mol. The van der Waals surface area contributed by atoms with Gasteiger partial charge in [-0.25, -0.2) is 9.18 Å². The van der Waals surface area contributed by atoms with E-state index in [0.29, 0.717) is 4.90 Å². The van der Waals surface area contributed by atoms with Crippen molar-refractivity contribution in [1.82, 2.24) is 4.90 Å². The van der Waals surface area contributed by atoms with Crippen molar-refractivity contribution in [3.63, 3.8) is 0 Å². The molecule has 1 N–H and O–H groups in total. The van der Waals surface area contributed by atoms with Crippen LogP contribution in [-0.4, -0.2) is 41.4 Å². The number of hydrogen-bond donors (Lipinski definition) is 1. The highest BCUT2D eigenvalue weighted by Crippen LogP contribution is 2.30. The van der Waals surface area contributed by atoms with Gasteiger partial charge in [0.25, 0.3) is 0 Å². The van der Waals surface area contributed by atoms with Gasteiger partial charge in [-0.1, -0.05) is 13.8 Å². The van der Waals surface area contributed by atoms with Crippen molar-refractivity contribution in [2.75, 3.05) is 25.4 Å². The SMILES string of the molecule is CCN(CC)CCSc1ccc(C(=O)O)c(Br)c1F. The summed E-state index contributed by atoms with van der Waals surface area (Å²) in [5, 5.41) is 8.88. The molecule has 0 fully saturated rings. The standard InChI is InChI=1S/C13H17BrFNO2S/c1-3-16(4-2)7-8-19-10-6-5-9(13(17)18)11(14)12(10)15/h5-6H,3-4,7-8H2,1-2H3,(H,17,18). The molecule has 0 unspecified atom stereocenters. The van der Waals surface area contributed by atoms with Crippen LogP contribution < -0.4 is 0 Å². The molecule has 0 saturated heterocycles. The Morgan fingerprint density at radius 2 is 2.05 bits per heavy atom. The van der Waals surface area contributed by atoms with Crippen LogP contribution >= 0.6 is 27.7 Å². The number of rotatable bonds is 7. The molecule has 19 heavy (non-hydrogen) atoms. The van der Waals surface area contributed by atoms with Crippen molar-refractivity contribution in [2.24, 2.45) is 0 Å². The van der Waals surface area contributed by atoms with Gasteiger partial charge >= 0.3 is 5.97 Å². The van der Waals surface area contributed by atoms with Crippen LogP contribution in [0.3, 0.4) is 0 Å². The van der Waals surface area contributed by atoms with E-state index in [4.69, 9.17) is 5.11 Å². The van der Waals surface area contributed by atoms with Crippen molar-refractivity contribution in [1.29, 1.82) is 0 Å². The summed E-state index contributed by atoms with van der Waals surface area (Å²) in [6.45, 7) is 7.01. The third kappa shape index (κ3) is 4.47. The minimum absolute atomic E-state index is 0.0211. The van der Waals surface area contributed by atoms with E-state index in [1.807, 2.05) is 0 Å². The second-order valence-electron chi connectivity index (χ2n) is 3.92. The minimum atomic E-state index is -1.13. The third-order valence-corrected chi connectivity index (χ3v) is 4.63. The smallest absolute Gasteiger partial charge is 0.336 e. The maximum atomic E-state index is 14.0. The molecule has 0 aliphatic heterocycles. The van der Waals surface area contributed by atoms with E-state index in [-0.39, 0.29) is 10.0 Å². The van der Waals surface area contributed by atoms with Gasteiger partial charge in [0.05, 0.1) is 10.0 Å². The van der Waals surface area contributed by atoms with Gasteiger partial charge in [0.1, 0.15) is 0 Å². The highest BCUT2D eigenvalue weighted by atomic mass is 79.9. The average molecular weight is 350 g/mol. The fourth-order valence-corrected chi connectivity index (χ4v) is 3.24. The third-order valence-electron chi connectivity index (χ3n) is 2.84. The Labute approximate surface area is 125 Å². The van der Waals surface area contributed by atoms with E-state index in [1.165, 1.54) is 23.9 Å². The highest BCUT2D eigenvalue weighted by Gasteiger charge is 2.16. The summed E-state index contributed by atoms with van der Waals surface area (Å²) in [5.41, 5.74) is -0.0504. The Balaban J connectivity index is 2.70. The molecule has 0 radical (unpaired) electrons. The molecule has 0 saturated carbocycles. The Hall–Kier alpha value is -0.590. The Kier molecular flexibility index (Phi) is 6.82. The first-order chi connectivity index (χ1) is 9.01. The topological polar surface area (TPSA) is 40.5 Å². The molecule has 1 aromatic rings. The van der Waals surface area contributed by atoms with E-state index in [0.717, 1.165) is 25.4 Å². The summed E-state index contributed by atoms with van der Waals surface area (Å²) < 4.78 is 14.0. The van der Waals surface area contributed by atoms with E-state index < -0.39 is 11.8 Å². The fourth-order valence-electron chi connectivity index (χ4n) is 1.63. The second kappa shape index (κ2) is 7.87. The first kappa shape index (κ1) is 16.5. The van der Waals surface area contributed by atoms with Crippen LogP contribution in [-0.2, 0) is 0 Å². The predicted octanol–water partition coefficient (Wildman–Crippen LogP) is 3.72. The zero-order valence-electron chi connectivity index (χ0n) is 10.9. The van der Waals surface area contributed by atoms with Crippen molar-refractivity contribution in [3.05, 3.63) is 28.0 Å². The number of carbonyl (C=O) groups is 1. The summed E-state index contributed by atoms with van der Waals surface area (Å²) in [6.07, 6.45) is 0. The van der Waals surface area contributed by atoms with Gasteiger partial charge < -0.3 is 10.0 Å². The number of carboxylic acid groups (broad SMARTS) is 1. The molecule has 0 atom stereocenters. The van der Waals surface area contributed by atoms with E-state index in [2.05, 4.69) is 34.7 Å². The predicted molar refractivity (Wildman–Crippen MR) is 79.6 cm³/mol. The number of aromatic carboxylic acids is 1. The first-order valence-corrected chi connectivity index (χ1v) is 7.85. The van der Waals surface area contributed by atoms with Gasteiger partial charge in [-0.2, -0.15) is 0 Å². The van der Waals surface area contributed by atoms with Gasteiger partial charge in [-0.05, 0) is 41.2 Å². The zero-order valence-corrected chi connectivity index (χ0v) is 13.4. The van der Waals surface area contributed by atoms with Gasteiger partial charge in [-0.15, -0.1) is 11.8 Å². The van der Waals surface area contributed by atoms with E-state index in [9.17, 15) is 9.18 Å². The molecule has 0 aliphatic rings. The van der Waals surface area contributed by atoms with Crippen molar-refractivity contribution in [3.8, 4) is 0 Å². The molecule has 3 nitrogen and oxygen atoms in total. The average Bonchev–Trinajstić information content (AvgIpc) is 2.39. The first-order valence-electron chi connectivity index (χ1n) is 6.07. The highest BCUT2D eigenvalue weighted by molar-refractivity contribution is 9.10. The molecule has 106 valence electrons. The molecule has 0 bridgehead atoms. The summed E-state index contributed by atoms with van der Waals surface area (Å²) >= 11 is 4.40. The van der Waals surface area contributed by atoms with E-state index in [1.54, 1.807) is 0 Å². The van der Waals surface area contributed by atoms with Crippen LogP contribution in [0.4, 0.5) is 4.39 Å². The quantitative estimate of drug-likeness (QED) is 0.761. The van der Waals surface area contributed by atoms with Crippen LogP contribution in [0.2, 0.25) is 0 Å². The number of nitrogens with zero attached hydrogens (tertiary/aromatic N) is 1. The maximum Gasteiger partial charge on any atom is 0.336 e. The summed E-state index contributed by atoms with van der Waals surface area (Å²) in [4.78, 5) is 13.6. The molecule has 0 aromatic heterocycles. The second-order valence-corrected chi connectivity index (χ2v) is 5.85. The van der Waals surface area contributed by atoms with Crippen molar-refractivity contribution >= 4 is 33.7 Å².